The van der Waals surface area contributed by atoms with Crippen molar-refractivity contribution >= 4 is 17.4 Å². The first-order valence-corrected chi connectivity index (χ1v) is 12.7. The number of carbonyl (C=O) groups is 2. The average molecular weight is 495 g/mol. The highest BCUT2D eigenvalue weighted by atomic mass is 16.5. The van der Waals surface area contributed by atoms with E-state index in [-0.39, 0.29) is 11.3 Å². The second-order valence-electron chi connectivity index (χ2n) is 9.39. The van der Waals surface area contributed by atoms with Gasteiger partial charge in [-0.2, -0.15) is 0 Å². The maximum absolute atomic E-state index is 13.2. The Kier molecular flexibility index (Phi) is 9.53. The maximum atomic E-state index is 13.2. The molecule has 0 spiro atoms. The third kappa shape index (κ3) is 6.26. The fourth-order valence-electron chi connectivity index (χ4n) is 4.20. The molecular weight excluding hydrogens is 456 g/mol. The highest BCUT2D eigenvalue weighted by molar-refractivity contribution is 6.46. The number of hydrogen-bond acceptors (Lipinski definition) is 6. The second kappa shape index (κ2) is 12.6. The van der Waals surface area contributed by atoms with Crippen molar-refractivity contribution in [3.63, 3.8) is 0 Å². The normalized spacial score (nSPS) is 17.2. The van der Waals surface area contributed by atoms with Gasteiger partial charge >= 0.3 is 0 Å². The average Bonchev–Trinajstić information content (AvgIpc) is 3.11. The van der Waals surface area contributed by atoms with Crippen molar-refractivity contribution in [1.82, 2.24) is 9.80 Å². The van der Waals surface area contributed by atoms with Gasteiger partial charge in [0.05, 0.1) is 24.8 Å². The van der Waals surface area contributed by atoms with Crippen LogP contribution in [0.4, 0.5) is 0 Å². The van der Waals surface area contributed by atoms with Gasteiger partial charge in [0, 0.05) is 18.7 Å². The van der Waals surface area contributed by atoms with E-state index in [4.69, 9.17) is 9.47 Å². The molecular formula is C29H38N2O5. The lowest BCUT2D eigenvalue weighted by molar-refractivity contribution is -0.140. The highest BCUT2D eigenvalue weighted by Crippen LogP contribution is 2.40. The number of ether oxygens (including phenoxy) is 2. The minimum absolute atomic E-state index is 0.101. The summed E-state index contributed by atoms with van der Waals surface area (Å²) in [6.07, 6.45) is 2.90. The number of likely N-dealkylation sites (tertiary alicyclic amines) is 1. The molecule has 36 heavy (non-hydrogen) atoms. The molecule has 3 rings (SSSR count). The lowest BCUT2D eigenvalue weighted by Gasteiger charge is -2.27. The molecule has 7 heteroatoms. The molecule has 1 aliphatic rings. The van der Waals surface area contributed by atoms with E-state index in [2.05, 4.69) is 6.92 Å². The van der Waals surface area contributed by atoms with E-state index in [1.54, 1.807) is 17.0 Å². The number of hydrogen-bond donors (Lipinski definition) is 1. The largest absolute Gasteiger partial charge is 0.507 e. The predicted molar refractivity (Wildman–Crippen MR) is 141 cm³/mol. The zero-order valence-corrected chi connectivity index (χ0v) is 22.0. The summed E-state index contributed by atoms with van der Waals surface area (Å²) in [6, 6.07) is 12.1. The van der Waals surface area contributed by atoms with Crippen LogP contribution in [0.2, 0.25) is 0 Å². The van der Waals surface area contributed by atoms with Crippen LogP contribution < -0.4 is 9.47 Å². The molecule has 0 saturated carbocycles. The number of nitrogens with zero attached hydrogens (tertiary/aromatic N) is 2. The molecule has 1 unspecified atom stereocenters. The first kappa shape index (κ1) is 27.3. The van der Waals surface area contributed by atoms with Gasteiger partial charge in [-0.1, -0.05) is 32.4 Å². The van der Waals surface area contributed by atoms with Crippen LogP contribution >= 0.6 is 0 Å². The molecule has 194 valence electrons. The van der Waals surface area contributed by atoms with E-state index in [1.165, 1.54) is 0 Å². The molecule has 1 atom stereocenters. The van der Waals surface area contributed by atoms with Gasteiger partial charge in [-0.15, -0.1) is 0 Å². The third-order valence-electron chi connectivity index (χ3n) is 6.22. The number of ketones is 1. The summed E-state index contributed by atoms with van der Waals surface area (Å²) < 4.78 is 11.5. The molecule has 1 fully saturated rings. The Morgan fingerprint density at radius 3 is 2.25 bits per heavy atom. The summed E-state index contributed by atoms with van der Waals surface area (Å²) in [5.41, 5.74) is 2.12. The highest BCUT2D eigenvalue weighted by Gasteiger charge is 2.46. The Morgan fingerprint density at radius 2 is 1.64 bits per heavy atom. The summed E-state index contributed by atoms with van der Waals surface area (Å²) in [4.78, 5) is 29.9. The molecule has 2 aromatic rings. The van der Waals surface area contributed by atoms with Gasteiger partial charge in [0.2, 0.25) is 0 Å². The number of unbranched alkanes of at least 4 members (excludes halogenated alkanes) is 1. The van der Waals surface area contributed by atoms with E-state index in [0.29, 0.717) is 37.6 Å². The van der Waals surface area contributed by atoms with Crippen LogP contribution in [0.3, 0.4) is 0 Å². The number of Topliss-reactive ketones (excluding diaryl/α,β-unsaturated/α-hetero) is 1. The molecule has 1 amide bonds. The van der Waals surface area contributed by atoms with E-state index < -0.39 is 17.7 Å². The van der Waals surface area contributed by atoms with Crippen molar-refractivity contribution in [2.24, 2.45) is 0 Å². The van der Waals surface area contributed by atoms with E-state index >= 15 is 0 Å². The molecule has 1 N–H and O–H groups in total. The summed E-state index contributed by atoms with van der Waals surface area (Å²) in [5.74, 6) is -0.0190. The van der Waals surface area contributed by atoms with Crippen LogP contribution in [0.15, 0.2) is 48.0 Å². The fourth-order valence-corrected chi connectivity index (χ4v) is 4.20. The smallest absolute Gasteiger partial charge is 0.295 e. The number of aliphatic hydroxyl groups is 1. The van der Waals surface area contributed by atoms with Crippen LogP contribution in [0.5, 0.6) is 11.5 Å². The Balaban J connectivity index is 2.03. The molecule has 0 aromatic heterocycles. The number of rotatable bonds is 12. The Labute approximate surface area is 214 Å². The van der Waals surface area contributed by atoms with Gasteiger partial charge in [0.1, 0.15) is 17.3 Å². The van der Waals surface area contributed by atoms with Crippen molar-refractivity contribution in [3.05, 3.63) is 64.7 Å². The van der Waals surface area contributed by atoms with Gasteiger partial charge < -0.3 is 24.4 Å². The third-order valence-corrected chi connectivity index (χ3v) is 6.22. The number of likely N-dealkylation sites (N-methyl/N-ethyl adjacent to an activating group) is 1. The standard InChI is InChI=1S/C29H38N2O5/c1-6-8-18-36-22-11-9-21(10-12-22)26-25(28(33)29(34)31(26)16-15-30(4)5)27(32)24-14-13-23(19-20(24)3)35-17-7-2/h9-14,19,26,32H,6-8,15-18H2,1-5H3. The molecule has 0 bridgehead atoms. The van der Waals surface area contributed by atoms with Gasteiger partial charge in [-0.05, 0) is 75.3 Å². The Hall–Kier alpha value is -3.32. The van der Waals surface area contributed by atoms with Crippen molar-refractivity contribution in [2.45, 2.75) is 46.1 Å². The Bertz CT molecular complexity index is 1090. The monoisotopic (exact) mass is 494 g/mol. The van der Waals surface area contributed by atoms with Crippen molar-refractivity contribution in [2.75, 3.05) is 40.4 Å². The first-order chi connectivity index (χ1) is 17.3. The quantitative estimate of drug-likeness (QED) is 0.195. The van der Waals surface area contributed by atoms with E-state index in [0.717, 1.165) is 36.1 Å². The lowest BCUT2D eigenvalue weighted by atomic mass is 9.94. The zero-order valence-electron chi connectivity index (χ0n) is 22.0. The van der Waals surface area contributed by atoms with E-state index in [9.17, 15) is 14.7 Å². The molecule has 1 heterocycles. The van der Waals surface area contributed by atoms with Crippen molar-refractivity contribution in [1.29, 1.82) is 0 Å². The van der Waals surface area contributed by atoms with Gasteiger partial charge in [0.25, 0.3) is 11.7 Å². The van der Waals surface area contributed by atoms with E-state index in [1.807, 2.05) is 63.2 Å². The topological polar surface area (TPSA) is 79.3 Å². The van der Waals surface area contributed by atoms with Gasteiger partial charge in [-0.25, -0.2) is 0 Å². The lowest BCUT2D eigenvalue weighted by Crippen LogP contribution is -2.35. The number of aliphatic hydroxyl groups excluding tert-OH is 1. The minimum atomic E-state index is -0.690. The molecule has 0 aliphatic carbocycles. The van der Waals surface area contributed by atoms with Crippen LogP contribution in [-0.2, 0) is 9.59 Å². The summed E-state index contributed by atoms with van der Waals surface area (Å²) in [7, 11) is 3.83. The molecule has 1 aliphatic heterocycles. The fraction of sp³-hybridized carbons (Fsp3) is 0.448. The summed E-state index contributed by atoms with van der Waals surface area (Å²) in [5, 5.41) is 11.4. The summed E-state index contributed by atoms with van der Waals surface area (Å²) in [6.45, 7) is 8.17. The number of aryl methyl sites for hydroxylation is 1. The molecule has 1 saturated heterocycles. The predicted octanol–water partition coefficient (Wildman–Crippen LogP) is 4.95. The number of amides is 1. The number of benzene rings is 2. The van der Waals surface area contributed by atoms with Crippen molar-refractivity contribution < 1.29 is 24.2 Å². The summed E-state index contributed by atoms with van der Waals surface area (Å²) >= 11 is 0. The maximum Gasteiger partial charge on any atom is 0.295 e. The Morgan fingerprint density at radius 1 is 0.972 bits per heavy atom. The van der Waals surface area contributed by atoms with Crippen LogP contribution in [0.25, 0.3) is 5.76 Å². The molecule has 2 aromatic carbocycles. The zero-order chi connectivity index (χ0) is 26.2. The number of carbonyl (C=O) groups excluding carboxylic acids is 2. The van der Waals surface area contributed by atoms with Crippen LogP contribution in [-0.4, -0.2) is 67.0 Å². The van der Waals surface area contributed by atoms with Gasteiger partial charge in [-0.3, -0.25) is 9.59 Å². The molecule has 7 nitrogen and oxygen atoms in total. The first-order valence-electron chi connectivity index (χ1n) is 12.7. The SMILES string of the molecule is CCCCOc1ccc(C2C(=C(O)c3ccc(OCCC)cc3C)C(=O)C(=O)N2CCN(C)C)cc1. The minimum Gasteiger partial charge on any atom is -0.507 e. The van der Waals surface area contributed by atoms with Gasteiger partial charge in [0.15, 0.2) is 0 Å². The van der Waals surface area contributed by atoms with Crippen LogP contribution in [0, 0.1) is 6.92 Å². The second-order valence-corrected chi connectivity index (χ2v) is 9.39. The molecule has 0 radical (unpaired) electrons. The van der Waals surface area contributed by atoms with Crippen molar-refractivity contribution in [3.8, 4) is 11.5 Å². The van der Waals surface area contributed by atoms with Crippen LogP contribution in [0.1, 0.15) is 55.8 Å².